The summed E-state index contributed by atoms with van der Waals surface area (Å²) in [6, 6.07) is -0.913. The summed E-state index contributed by atoms with van der Waals surface area (Å²) in [6.07, 6.45) is 90.0. The Hall–Kier alpha value is -3.85. The van der Waals surface area contributed by atoms with Gasteiger partial charge in [0.05, 0.1) is 33.8 Å². The highest BCUT2D eigenvalue weighted by molar-refractivity contribution is 7.45. The first-order valence-electron chi connectivity index (χ1n) is 34.5. The zero-order chi connectivity index (χ0) is 62.1. The smallest absolute Gasteiger partial charge is 0.306 e. The number of carbonyl (C=O) groups excluding carboxylic acids is 2. The van der Waals surface area contributed by atoms with E-state index in [-0.39, 0.29) is 24.9 Å². The lowest BCUT2D eigenvalue weighted by Crippen LogP contribution is -2.47. The molecule has 0 bridgehead atoms. The number of phosphoric ester groups is 1. The van der Waals surface area contributed by atoms with Crippen molar-refractivity contribution in [3.05, 3.63) is 134 Å². The van der Waals surface area contributed by atoms with E-state index in [0.29, 0.717) is 23.9 Å². The Kier molecular flexibility index (Phi) is 60.3. The number of quaternary nitrogens is 1. The summed E-state index contributed by atoms with van der Waals surface area (Å²) in [6.45, 7) is 6.67. The minimum Gasteiger partial charge on any atom is -0.756 e. The molecule has 0 aromatic rings. The molecule has 0 aliphatic carbocycles. The van der Waals surface area contributed by atoms with Gasteiger partial charge < -0.3 is 28.5 Å². The predicted molar refractivity (Wildman–Crippen MR) is 366 cm³/mol. The maximum absolute atomic E-state index is 13.6. The van der Waals surface area contributed by atoms with E-state index < -0.39 is 26.6 Å². The average Bonchev–Trinajstić information content (AvgIpc) is 3.62. The summed E-state index contributed by atoms with van der Waals surface area (Å²) >= 11 is 0. The lowest BCUT2D eigenvalue weighted by atomic mass is 10.0. The van der Waals surface area contributed by atoms with Crippen LogP contribution in [0.2, 0.25) is 0 Å². The molecule has 9 nitrogen and oxygen atoms in total. The number of hydrogen-bond acceptors (Lipinski definition) is 7. The quantitative estimate of drug-likeness (QED) is 0.0212. The van der Waals surface area contributed by atoms with Crippen LogP contribution in [0, 0.1) is 0 Å². The number of phosphoric acid groups is 1. The molecule has 85 heavy (non-hydrogen) atoms. The minimum absolute atomic E-state index is 0.0352. The van der Waals surface area contributed by atoms with Crippen molar-refractivity contribution in [3.8, 4) is 0 Å². The van der Waals surface area contributed by atoms with Gasteiger partial charge in [-0.2, -0.15) is 0 Å². The third-order valence-corrected chi connectivity index (χ3v) is 15.5. The number of nitrogens with zero attached hydrogens (tertiary/aromatic N) is 1. The molecule has 3 atom stereocenters. The first kappa shape index (κ1) is 81.2. The number of likely N-dealkylation sites (N-methyl/N-ethyl adjacent to an activating group) is 1. The van der Waals surface area contributed by atoms with Crippen LogP contribution in [0.25, 0.3) is 0 Å². The zero-order valence-electron chi connectivity index (χ0n) is 55.5. The Balaban J connectivity index is 5.16. The molecule has 10 heteroatoms. The molecule has 0 saturated carbocycles. The number of amides is 1. The summed E-state index contributed by atoms with van der Waals surface area (Å²) < 4.78 is 30.4. The Morgan fingerprint density at radius 3 is 1.15 bits per heavy atom. The van der Waals surface area contributed by atoms with E-state index in [1.54, 1.807) is 0 Å². The summed E-state index contributed by atoms with van der Waals surface area (Å²) in [5, 5.41) is 3.02. The summed E-state index contributed by atoms with van der Waals surface area (Å²) in [5.74, 6) is -0.584. The predicted octanol–water partition coefficient (Wildman–Crippen LogP) is 21.4. The average molecular weight is 1200 g/mol. The molecular weight excluding hydrogens is 1070 g/mol. The van der Waals surface area contributed by atoms with Crippen molar-refractivity contribution in [3.63, 3.8) is 0 Å². The van der Waals surface area contributed by atoms with E-state index in [9.17, 15) is 19.0 Å². The Labute approximate surface area is 524 Å². The number of allylic oxidation sites excluding steroid dienone is 21. The van der Waals surface area contributed by atoms with Crippen LogP contribution in [0.4, 0.5) is 0 Å². The van der Waals surface area contributed by atoms with Crippen molar-refractivity contribution in [2.75, 3.05) is 40.9 Å². The number of esters is 1. The Bertz CT molecular complexity index is 1920. The number of hydrogen-bond donors (Lipinski definition) is 1. The standard InChI is InChI=1S/C75H129N2O7P/c1-7-10-13-16-19-22-25-27-29-31-33-35-37-38-40-41-43-45-47-49-52-55-58-61-64-67-74(78)76-72(71-83-85(80,81)82-70-69-77(4,5)6)73(66-63-60-57-54-51-24-21-18-15-12-9-3)84-75(79)68-65-62-59-56-53-50-48-46-44-42-39-36-34-32-30-28-26-23-20-17-14-11-8-2/h11,14,19-20,22-23,27-30,33-36,38,40,42,44,48,50,63,66,72-73H,7-10,12-13,15-18,21,24-26,31-32,37,39,41,43,45-47,49,51-62,64-65,67-71H2,1-6H3,(H-,76,78,80,81)/b14-11-,22-19-,23-20-,29-27-,30-28-,35-33-,36-34-,40-38-,44-42-,50-48-,66-63+. The second kappa shape index (κ2) is 63.2. The summed E-state index contributed by atoms with van der Waals surface area (Å²) in [5.41, 5.74) is 0. The van der Waals surface area contributed by atoms with Crippen LogP contribution >= 0.6 is 7.82 Å². The van der Waals surface area contributed by atoms with Crippen LogP contribution in [-0.4, -0.2) is 69.4 Å². The van der Waals surface area contributed by atoms with Gasteiger partial charge in [0.15, 0.2) is 0 Å². The van der Waals surface area contributed by atoms with Crippen LogP contribution in [0.15, 0.2) is 134 Å². The molecule has 486 valence electrons. The third kappa shape index (κ3) is 64.5. The SMILES string of the molecule is CC/C=C\C/C=C\C/C=C\C/C=C\C/C=C\C/C=C\CCCCCCC(=O)OC(/C=C/CCCCCCCCCCC)C(COP(=O)([O-])OCC[N+](C)(C)C)NC(=O)CCCCCCCCCCC/C=C\C/C=C\C/C=C\C/C=C\CCCCC. The van der Waals surface area contributed by atoms with Gasteiger partial charge in [-0.15, -0.1) is 0 Å². The van der Waals surface area contributed by atoms with Crippen molar-refractivity contribution >= 4 is 19.7 Å². The normalized spacial score (nSPS) is 14.4. The maximum Gasteiger partial charge on any atom is 0.306 e. The number of carbonyl (C=O) groups is 2. The number of unbranched alkanes of at least 4 members (excludes halogenated alkanes) is 25. The topological polar surface area (TPSA) is 114 Å². The molecule has 0 heterocycles. The van der Waals surface area contributed by atoms with Gasteiger partial charge in [-0.25, -0.2) is 0 Å². The molecule has 0 spiro atoms. The fraction of sp³-hybridized carbons (Fsp3) is 0.680. The molecule has 0 saturated heterocycles. The van der Waals surface area contributed by atoms with Gasteiger partial charge in [0.1, 0.15) is 19.3 Å². The molecule has 0 aliphatic heterocycles. The van der Waals surface area contributed by atoms with Gasteiger partial charge in [-0.3, -0.25) is 14.2 Å². The van der Waals surface area contributed by atoms with Crippen molar-refractivity contribution in [1.82, 2.24) is 5.32 Å². The van der Waals surface area contributed by atoms with Gasteiger partial charge in [-0.05, 0) is 128 Å². The molecule has 0 fully saturated rings. The Morgan fingerprint density at radius 1 is 0.424 bits per heavy atom. The lowest BCUT2D eigenvalue weighted by molar-refractivity contribution is -0.870. The first-order chi connectivity index (χ1) is 41.4. The highest BCUT2D eigenvalue weighted by atomic mass is 31.2. The van der Waals surface area contributed by atoms with Crippen LogP contribution in [0.3, 0.4) is 0 Å². The van der Waals surface area contributed by atoms with Crippen LogP contribution in [-0.2, 0) is 27.9 Å². The van der Waals surface area contributed by atoms with E-state index in [2.05, 4.69) is 148 Å². The van der Waals surface area contributed by atoms with Gasteiger partial charge in [-0.1, -0.05) is 270 Å². The van der Waals surface area contributed by atoms with E-state index in [1.807, 2.05) is 33.3 Å². The summed E-state index contributed by atoms with van der Waals surface area (Å²) in [4.78, 5) is 40.1. The van der Waals surface area contributed by atoms with Crippen molar-refractivity contribution in [2.45, 2.75) is 290 Å². The minimum atomic E-state index is -4.72. The molecule has 3 unspecified atom stereocenters. The summed E-state index contributed by atoms with van der Waals surface area (Å²) in [7, 11) is 1.15. The molecule has 0 aliphatic rings. The van der Waals surface area contributed by atoms with Gasteiger partial charge in [0.25, 0.3) is 7.82 Å². The van der Waals surface area contributed by atoms with Crippen LogP contribution in [0.5, 0.6) is 0 Å². The largest absolute Gasteiger partial charge is 0.756 e. The number of rotatable bonds is 61. The highest BCUT2D eigenvalue weighted by Crippen LogP contribution is 2.38. The molecule has 0 rings (SSSR count). The monoisotopic (exact) mass is 1200 g/mol. The molecular formula is C75H129N2O7P. The van der Waals surface area contributed by atoms with Crippen molar-refractivity contribution < 1.29 is 37.3 Å². The van der Waals surface area contributed by atoms with Gasteiger partial charge >= 0.3 is 5.97 Å². The fourth-order valence-corrected chi connectivity index (χ4v) is 10.00. The molecule has 0 aromatic carbocycles. The second-order valence-electron chi connectivity index (χ2n) is 23.9. The Morgan fingerprint density at radius 2 is 0.753 bits per heavy atom. The highest BCUT2D eigenvalue weighted by Gasteiger charge is 2.27. The number of nitrogens with one attached hydrogen (secondary N) is 1. The van der Waals surface area contributed by atoms with Crippen molar-refractivity contribution in [1.29, 1.82) is 0 Å². The first-order valence-corrected chi connectivity index (χ1v) is 36.0. The zero-order valence-corrected chi connectivity index (χ0v) is 56.4. The lowest BCUT2D eigenvalue weighted by Gasteiger charge is -2.30. The van der Waals surface area contributed by atoms with Crippen molar-refractivity contribution in [2.24, 2.45) is 0 Å². The van der Waals surface area contributed by atoms with Gasteiger partial charge in [0, 0.05) is 12.8 Å². The van der Waals surface area contributed by atoms with Crippen LogP contribution in [0.1, 0.15) is 278 Å². The number of ether oxygens (including phenoxy) is 1. The molecule has 0 aromatic heterocycles. The molecule has 1 amide bonds. The van der Waals surface area contributed by atoms with Gasteiger partial charge in [0.2, 0.25) is 5.91 Å². The molecule has 1 N–H and O–H groups in total. The molecule has 0 radical (unpaired) electrons. The van der Waals surface area contributed by atoms with E-state index in [4.69, 9.17) is 13.8 Å². The third-order valence-electron chi connectivity index (χ3n) is 14.6. The van der Waals surface area contributed by atoms with E-state index in [0.717, 1.165) is 135 Å². The van der Waals surface area contributed by atoms with E-state index in [1.165, 1.54) is 103 Å². The fourth-order valence-electron chi connectivity index (χ4n) is 9.27. The maximum atomic E-state index is 13.6. The van der Waals surface area contributed by atoms with E-state index >= 15 is 0 Å². The van der Waals surface area contributed by atoms with Crippen LogP contribution < -0.4 is 10.2 Å². The second-order valence-corrected chi connectivity index (χ2v) is 25.4.